The number of thiazole rings is 1. The Labute approximate surface area is 128 Å². The summed E-state index contributed by atoms with van der Waals surface area (Å²) < 4.78 is 31.6. The smallest absolute Gasteiger partial charge is 0.215 e. The third-order valence-electron chi connectivity index (χ3n) is 2.64. The Bertz CT molecular complexity index is 698. The van der Waals surface area contributed by atoms with Gasteiger partial charge in [0.15, 0.2) is 0 Å². The fourth-order valence-corrected chi connectivity index (χ4v) is 3.21. The van der Waals surface area contributed by atoms with Crippen molar-refractivity contribution in [1.29, 1.82) is 0 Å². The molecule has 2 aromatic rings. The number of hydrogen-bond acceptors (Lipinski definition) is 6. The van der Waals surface area contributed by atoms with E-state index in [1.807, 2.05) is 12.3 Å². The molecule has 0 bridgehead atoms. The first-order valence-corrected chi connectivity index (χ1v) is 8.85. The van der Waals surface area contributed by atoms with Crippen LogP contribution in [0.5, 0.6) is 5.75 Å². The molecule has 114 valence electrons. The van der Waals surface area contributed by atoms with E-state index in [-0.39, 0.29) is 18.9 Å². The van der Waals surface area contributed by atoms with Crippen LogP contribution in [0.15, 0.2) is 29.6 Å². The van der Waals surface area contributed by atoms with Gasteiger partial charge in [-0.15, -0.1) is 11.3 Å². The monoisotopic (exact) mass is 327 g/mol. The van der Waals surface area contributed by atoms with Crippen LogP contribution in [0.1, 0.15) is 10.7 Å². The average molecular weight is 327 g/mol. The van der Waals surface area contributed by atoms with Gasteiger partial charge >= 0.3 is 0 Å². The number of para-hydroxylation sites is 2. The molecule has 0 atom stereocenters. The lowest BCUT2D eigenvalue weighted by molar-refractivity contribution is 0.342. The van der Waals surface area contributed by atoms with Gasteiger partial charge in [0.05, 0.1) is 18.0 Å². The normalized spacial score (nSPS) is 11.5. The topological polar surface area (TPSA) is 94.3 Å². The number of nitrogens with two attached hydrogens (primary N) is 1. The fourth-order valence-electron chi connectivity index (χ4n) is 1.60. The summed E-state index contributed by atoms with van der Waals surface area (Å²) in [6, 6.07) is 6.97. The Morgan fingerprint density at radius 3 is 2.81 bits per heavy atom. The van der Waals surface area contributed by atoms with Gasteiger partial charge in [0.2, 0.25) is 10.0 Å². The molecule has 1 aromatic heterocycles. The Morgan fingerprint density at radius 2 is 2.14 bits per heavy atom. The highest BCUT2D eigenvalue weighted by Gasteiger charge is 2.12. The summed E-state index contributed by atoms with van der Waals surface area (Å²) in [7, 11) is -3.40. The summed E-state index contributed by atoms with van der Waals surface area (Å²) in [5.74, 6) is 0.356. The molecule has 0 saturated carbocycles. The number of aryl methyl sites for hydroxylation is 1. The van der Waals surface area contributed by atoms with E-state index in [2.05, 4.69) is 9.71 Å². The number of sulfonamides is 1. The number of anilines is 1. The first-order valence-electron chi connectivity index (χ1n) is 6.32. The molecule has 0 radical (unpaired) electrons. The van der Waals surface area contributed by atoms with E-state index in [1.165, 1.54) is 11.3 Å². The van der Waals surface area contributed by atoms with Crippen LogP contribution in [0.2, 0.25) is 0 Å². The minimum Gasteiger partial charge on any atom is -0.490 e. The van der Waals surface area contributed by atoms with Crippen molar-refractivity contribution < 1.29 is 13.2 Å². The zero-order chi connectivity index (χ0) is 15.3. The predicted octanol–water partition coefficient (Wildman–Crippen LogP) is 1.53. The van der Waals surface area contributed by atoms with E-state index < -0.39 is 10.0 Å². The van der Waals surface area contributed by atoms with Crippen LogP contribution < -0.4 is 15.2 Å². The Morgan fingerprint density at radius 1 is 1.38 bits per heavy atom. The molecule has 1 aromatic carbocycles. The number of nitrogen functional groups attached to an aromatic ring is 1. The summed E-state index contributed by atoms with van der Waals surface area (Å²) in [6.07, 6.45) is 0. The van der Waals surface area contributed by atoms with E-state index >= 15 is 0 Å². The van der Waals surface area contributed by atoms with Gasteiger partial charge in [-0.25, -0.2) is 18.1 Å². The highest BCUT2D eigenvalue weighted by atomic mass is 32.2. The number of nitrogens with zero attached hydrogens (tertiary/aromatic N) is 1. The maximum Gasteiger partial charge on any atom is 0.215 e. The molecule has 21 heavy (non-hydrogen) atoms. The van der Waals surface area contributed by atoms with Crippen LogP contribution in [-0.2, 0) is 16.6 Å². The van der Waals surface area contributed by atoms with Crippen molar-refractivity contribution in [2.75, 3.05) is 18.1 Å². The molecule has 8 heteroatoms. The molecule has 0 aliphatic rings. The SMILES string of the molecule is Cc1csc(CNS(=O)(=O)CCOc2ccccc2N)n1. The van der Waals surface area contributed by atoms with E-state index in [9.17, 15) is 8.42 Å². The average Bonchev–Trinajstić information content (AvgIpc) is 2.85. The molecule has 6 nitrogen and oxygen atoms in total. The van der Waals surface area contributed by atoms with E-state index in [0.717, 1.165) is 10.7 Å². The molecule has 0 amide bonds. The van der Waals surface area contributed by atoms with Gasteiger partial charge in [0, 0.05) is 11.1 Å². The molecule has 1 heterocycles. The molecule has 0 aliphatic heterocycles. The number of nitrogens with one attached hydrogen (secondary N) is 1. The summed E-state index contributed by atoms with van der Waals surface area (Å²) in [4.78, 5) is 4.20. The van der Waals surface area contributed by atoms with Crippen molar-refractivity contribution in [3.05, 3.63) is 40.3 Å². The first kappa shape index (κ1) is 15.7. The fraction of sp³-hybridized carbons (Fsp3) is 0.308. The van der Waals surface area contributed by atoms with Crippen molar-refractivity contribution in [3.8, 4) is 5.75 Å². The minimum atomic E-state index is -3.40. The van der Waals surface area contributed by atoms with Crippen molar-refractivity contribution in [2.24, 2.45) is 0 Å². The van der Waals surface area contributed by atoms with Crippen LogP contribution in [0.3, 0.4) is 0 Å². The second-order valence-corrected chi connectivity index (χ2v) is 7.28. The number of aromatic nitrogens is 1. The lowest BCUT2D eigenvalue weighted by atomic mass is 10.3. The maximum absolute atomic E-state index is 11.8. The van der Waals surface area contributed by atoms with Gasteiger partial charge < -0.3 is 10.5 Å². The molecule has 2 rings (SSSR count). The highest BCUT2D eigenvalue weighted by molar-refractivity contribution is 7.89. The lowest BCUT2D eigenvalue weighted by Crippen LogP contribution is -2.28. The second kappa shape index (κ2) is 6.88. The molecular weight excluding hydrogens is 310 g/mol. The first-order chi connectivity index (χ1) is 9.96. The Hall–Kier alpha value is -1.64. The molecule has 0 unspecified atom stereocenters. The number of benzene rings is 1. The van der Waals surface area contributed by atoms with E-state index in [1.54, 1.807) is 24.3 Å². The van der Waals surface area contributed by atoms with Crippen LogP contribution in [0.25, 0.3) is 0 Å². The van der Waals surface area contributed by atoms with Crippen molar-refractivity contribution in [1.82, 2.24) is 9.71 Å². The summed E-state index contributed by atoms with van der Waals surface area (Å²) in [5, 5.41) is 2.62. The standard InChI is InChI=1S/C13H17N3O3S2/c1-10-9-20-13(16-10)8-15-21(17,18)7-6-19-12-5-3-2-4-11(12)14/h2-5,9,15H,6-8,14H2,1H3. The summed E-state index contributed by atoms with van der Waals surface area (Å²) in [5.41, 5.74) is 7.08. The van der Waals surface area contributed by atoms with Crippen molar-refractivity contribution in [3.63, 3.8) is 0 Å². The number of hydrogen-bond donors (Lipinski definition) is 2. The quantitative estimate of drug-likeness (QED) is 0.752. The molecular formula is C13H17N3O3S2. The van der Waals surface area contributed by atoms with Gasteiger partial charge in [0.25, 0.3) is 0 Å². The van der Waals surface area contributed by atoms with Gasteiger partial charge in [-0.05, 0) is 19.1 Å². The molecule has 0 fully saturated rings. The van der Waals surface area contributed by atoms with Crippen LogP contribution in [-0.4, -0.2) is 25.8 Å². The van der Waals surface area contributed by atoms with E-state index in [4.69, 9.17) is 10.5 Å². The Balaban J connectivity index is 1.80. The van der Waals surface area contributed by atoms with Crippen LogP contribution in [0.4, 0.5) is 5.69 Å². The minimum absolute atomic E-state index is 0.0421. The second-order valence-electron chi connectivity index (χ2n) is 4.41. The summed E-state index contributed by atoms with van der Waals surface area (Å²) >= 11 is 1.43. The van der Waals surface area contributed by atoms with Crippen molar-refractivity contribution >= 4 is 27.0 Å². The highest BCUT2D eigenvalue weighted by Crippen LogP contribution is 2.19. The summed E-state index contributed by atoms with van der Waals surface area (Å²) in [6.45, 7) is 2.11. The molecule has 3 N–H and O–H groups in total. The number of rotatable bonds is 7. The van der Waals surface area contributed by atoms with Crippen LogP contribution in [0, 0.1) is 6.92 Å². The van der Waals surface area contributed by atoms with E-state index in [0.29, 0.717) is 11.4 Å². The van der Waals surface area contributed by atoms with Crippen LogP contribution >= 0.6 is 11.3 Å². The van der Waals surface area contributed by atoms with Gasteiger partial charge in [-0.1, -0.05) is 12.1 Å². The predicted molar refractivity (Wildman–Crippen MR) is 83.8 cm³/mol. The molecule has 0 spiro atoms. The largest absolute Gasteiger partial charge is 0.490 e. The maximum atomic E-state index is 11.8. The third-order valence-corrected chi connectivity index (χ3v) is 4.89. The van der Waals surface area contributed by atoms with Crippen molar-refractivity contribution in [2.45, 2.75) is 13.5 Å². The Kier molecular flexibility index (Phi) is 5.16. The number of ether oxygens (including phenoxy) is 1. The molecule has 0 aliphatic carbocycles. The van der Waals surface area contributed by atoms with Gasteiger partial charge in [-0.3, -0.25) is 0 Å². The zero-order valence-corrected chi connectivity index (χ0v) is 13.2. The zero-order valence-electron chi connectivity index (χ0n) is 11.6. The van der Waals surface area contributed by atoms with Gasteiger partial charge in [-0.2, -0.15) is 0 Å². The lowest BCUT2D eigenvalue weighted by Gasteiger charge is -2.09. The molecule has 0 saturated heterocycles. The van der Waals surface area contributed by atoms with Gasteiger partial charge in [0.1, 0.15) is 17.4 Å². The third kappa shape index (κ3) is 5.00.